The number of hydrogen-bond acceptors (Lipinski definition) is 5. The molecule has 1 aliphatic heterocycles. The molecule has 0 unspecified atom stereocenters. The first-order valence-electron chi connectivity index (χ1n) is 10.6. The Morgan fingerprint density at radius 3 is 2.61 bits per heavy atom. The van der Waals surface area contributed by atoms with Gasteiger partial charge in [0.2, 0.25) is 5.95 Å². The van der Waals surface area contributed by atoms with Crippen LogP contribution in [-0.2, 0) is 6.42 Å². The average Bonchev–Trinajstić information content (AvgIpc) is 2.78. The van der Waals surface area contributed by atoms with E-state index in [2.05, 4.69) is 27.8 Å². The van der Waals surface area contributed by atoms with E-state index < -0.39 is 11.6 Å². The van der Waals surface area contributed by atoms with Gasteiger partial charge in [-0.1, -0.05) is 12.1 Å². The third-order valence-corrected chi connectivity index (χ3v) is 5.51. The molecule has 1 saturated heterocycles. The minimum atomic E-state index is -0.561. The number of aromatic nitrogens is 2. The highest BCUT2D eigenvalue weighted by Crippen LogP contribution is 2.23. The molecule has 4 rings (SSSR count). The number of piperidine rings is 1. The molecule has 2 heterocycles. The number of halogens is 2. The molecule has 5 nitrogen and oxygen atoms in total. The molecular weight excluding hydrogens is 396 g/mol. The first-order chi connectivity index (χ1) is 15.1. The van der Waals surface area contributed by atoms with Gasteiger partial charge in [0.15, 0.2) is 0 Å². The van der Waals surface area contributed by atoms with E-state index in [1.54, 1.807) is 6.20 Å². The summed E-state index contributed by atoms with van der Waals surface area (Å²) in [4.78, 5) is 11.0. The van der Waals surface area contributed by atoms with E-state index in [1.807, 2.05) is 30.1 Å². The lowest BCUT2D eigenvalue weighted by Gasteiger charge is -2.25. The summed E-state index contributed by atoms with van der Waals surface area (Å²) in [6.07, 6.45) is 4.46. The van der Waals surface area contributed by atoms with E-state index in [-0.39, 0.29) is 0 Å². The van der Waals surface area contributed by atoms with Gasteiger partial charge in [-0.25, -0.2) is 18.7 Å². The fourth-order valence-corrected chi connectivity index (χ4v) is 3.82. The van der Waals surface area contributed by atoms with Crippen molar-refractivity contribution in [1.82, 2.24) is 15.3 Å². The van der Waals surface area contributed by atoms with Crippen molar-refractivity contribution in [2.24, 2.45) is 0 Å². The lowest BCUT2D eigenvalue weighted by atomic mass is 10.1. The Morgan fingerprint density at radius 1 is 1.06 bits per heavy atom. The zero-order valence-corrected chi connectivity index (χ0v) is 17.6. The van der Waals surface area contributed by atoms with E-state index in [0.717, 1.165) is 48.9 Å². The summed E-state index contributed by atoms with van der Waals surface area (Å²) >= 11 is 0. The maximum atomic E-state index is 13.4. The largest absolute Gasteiger partial charge is 0.382 e. The van der Waals surface area contributed by atoms with Crippen LogP contribution < -0.4 is 15.5 Å². The number of anilines is 2. The van der Waals surface area contributed by atoms with Crippen LogP contribution in [-0.4, -0.2) is 42.7 Å². The van der Waals surface area contributed by atoms with Crippen molar-refractivity contribution in [2.45, 2.75) is 25.3 Å². The number of nitrogens with one attached hydrogen (secondary N) is 2. The van der Waals surface area contributed by atoms with Crippen LogP contribution in [0.3, 0.4) is 0 Å². The molecule has 2 aromatic carbocycles. The highest BCUT2D eigenvalue weighted by atomic mass is 19.1. The Hall–Kier alpha value is -3.06. The highest BCUT2D eigenvalue weighted by Gasteiger charge is 2.13. The molecule has 1 aromatic heterocycles. The molecule has 0 radical (unpaired) electrons. The van der Waals surface area contributed by atoms with Gasteiger partial charge in [-0.3, -0.25) is 0 Å². The van der Waals surface area contributed by atoms with Crippen molar-refractivity contribution in [3.63, 3.8) is 0 Å². The van der Waals surface area contributed by atoms with Crippen LogP contribution in [0.15, 0.2) is 54.7 Å². The van der Waals surface area contributed by atoms with E-state index in [4.69, 9.17) is 4.98 Å². The topological polar surface area (TPSA) is 53.1 Å². The maximum Gasteiger partial charge on any atom is 0.225 e. The summed E-state index contributed by atoms with van der Waals surface area (Å²) < 4.78 is 26.8. The van der Waals surface area contributed by atoms with Crippen molar-refractivity contribution in [3.8, 4) is 11.3 Å². The van der Waals surface area contributed by atoms with Gasteiger partial charge in [0, 0.05) is 43.1 Å². The van der Waals surface area contributed by atoms with Gasteiger partial charge in [-0.15, -0.1) is 0 Å². The summed E-state index contributed by atoms with van der Waals surface area (Å²) in [6, 6.07) is 14.2. The second-order valence-corrected chi connectivity index (χ2v) is 7.94. The van der Waals surface area contributed by atoms with Crippen LogP contribution in [0.25, 0.3) is 11.3 Å². The van der Waals surface area contributed by atoms with Gasteiger partial charge in [0.1, 0.15) is 11.6 Å². The Balaban J connectivity index is 1.44. The van der Waals surface area contributed by atoms with Crippen LogP contribution in [0.4, 0.5) is 20.4 Å². The molecule has 2 N–H and O–H groups in total. The number of benzene rings is 2. The molecule has 0 saturated carbocycles. The lowest BCUT2D eigenvalue weighted by Crippen LogP contribution is -2.35. The quantitative estimate of drug-likeness (QED) is 0.595. The van der Waals surface area contributed by atoms with Crippen molar-refractivity contribution >= 4 is 11.6 Å². The van der Waals surface area contributed by atoms with E-state index in [1.165, 1.54) is 12.1 Å². The number of hydrogen-bond donors (Lipinski definition) is 2. The molecule has 1 aliphatic rings. The third-order valence-electron chi connectivity index (χ3n) is 5.51. The second-order valence-electron chi connectivity index (χ2n) is 7.94. The molecule has 0 spiro atoms. The molecular formula is C24H27F2N5. The molecule has 1 fully saturated rings. The number of rotatable bonds is 7. The first kappa shape index (κ1) is 21.2. The minimum absolute atomic E-state index is 0.483. The van der Waals surface area contributed by atoms with Crippen molar-refractivity contribution in [2.75, 3.05) is 36.9 Å². The third kappa shape index (κ3) is 5.76. The van der Waals surface area contributed by atoms with E-state index in [0.29, 0.717) is 30.5 Å². The SMILES string of the molecule is CN(CCc1cc(F)cc(F)c1)c1nccc(-c2cccc(NC3CCNCC3)c2)n1. The molecule has 0 bridgehead atoms. The van der Waals surface area contributed by atoms with Crippen molar-refractivity contribution in [1.29, 1.82) is 0 Å². The predicted molar refractivity (Wildman–Crippen MR) is 120 cm³/mol. The second kappa shape index (κ2) is 9.83. The summed E-state index contributed by atoms with van der Waals surface area (Å²) in [5, 5.41) is 7.00. The normalized spacial score (nSPS) is 14.4. The average molecular weight is 424 g/mol. The summed E-state index contributed by atoms with van der Waals surface area (Å²) in [5.41, 5.74) is 3.55. The highest BCUT2D eigenvalue weighted by molar-refractivity contribution is 5.65. The van der Waals surface area contributed by atoms with Gasteiger partial charge in [0.05, 0.1) is 5.69 Å². The van der Waals surface area contributed by atoms with Crippen molar-refractivity contribution in [3.05, 3.63) is 71.9 Å². The van der Waals surface area contributed by atoms with E-state index in [9.17, 15) is 8.78 Å². The lowest BCUT2D eigenvalue weighted by molar-refractivity contribution is 0.479. The molecule has 0 aliphatic carbocycles. The summed E-state index contributed by atoms with van der Waals surface area (Å²) in [7, 11) is 1.88. The van der Waals surface area contributed by atoms with Gasteiger partial charge in [-0.2, -0.15) is 0 Å². The molecule has 7 heteroatoms. The van der Waals surface area contributed by atoms with Gasteiger partial charge in [-0.05, 0) is 68.2 Å². The standard InChI is InChI=1S/C24H27F2N5/c1-31(12-8-17-13-19(25)16-20(26)14-17)24-28-11-7-23(30-24)18-3-2-4-22(15-18)29-21-5-9-27-10-6-21/h2-4,7,11,13-16,21,27,29H,5-6,8-10,12H2,1H3. The predicted octanol–water partition coefficient (Wildman–Crippen LogP) is 4.26. The molecule has 3 aromatic rings. The molecule has 31 heavy (non-hydrogen) atoms. The first-order valence-corrected chi connectivity index (χ1v) is 10.6. The Bertz CT molecular complexity index is 1000. The van der Waals surface area contributed by atoms with Gasteiger partial charge in [0.25, 0.3) is 0 Å². The van der Waals surface area contributed by atoms with Gasteiger partial charge < -0.3 is 15.5 Å². The number of likely N-dealkylation sites (N-methyl/N-ethyl adjacent to an activating group) is 1. The smallest absolute Gasteiger partial charge is 0.225 e. The fraction of sp³-hybridized carbons (Fsp3) is 0.333. The van der Waals surface area contributed by atoms with Crippen LogP contribution >= 0.6 is 0 Å². The monoisotopic (exact) mass is 423 g/mol. The summed E-state index contributed by atoms with van der Waals surface area (Å²) in [6.45, 7) is 2.63. The fourth-order valence-electron chi connectivity index (χ4n) is 3.82. The minimum Gasteiger partial charge on any atom is -0.382 e. The zero-order chi connectivity index (χ0) is 21.6. The molecule has 162 valence electrons. The Kier molecular flexibility index (Phi) is 6.72. The summed E-state index contributed by atoms with van der Waals surface area (Å²) in [5.74, 6) is -0.547. The van der Waals surface area contributed by atoms with Gasteiger partial charge >= 0.3 is 0 Å². The Labute approximate surface area is 181 Å². The van der Waals surface area contributed by atoms with Crippen molar-refractivity contribution < 1.29 is 8.78 Å². The molecule has 0 amide bonds. The zero-order valence-electron chi connectivity index (χ0n) is 17.6. The van der Waals surface area contributed by atoms with Crippen LogP contribution in [0.2, 0.25) is 0 Å². The van der Waals surface area contributed by atoms with Crippen LogP contribution in [0.1, 0.15) is 18.4 Å². The van der Waals surface area contributed by atoms with Crippen LogP contribution in [0.5, 0.6) is 0 Å². The molecule has 0 atom stereocenters. The van der Waals surface area contributed by atoms with Crippen LogP contribution in [0, 0.1) is 11.6 Å². The van der Waals surface area contributed by atoms with E-state index >= 15 is 0 Å². The number of nitrogens with zero attached hydrogens (tertiary/aromatic N) is 3. The Morgan fingerprint density at radius 2 is 1.84 bits per heavy atom. The maximum absolute atomic E-state index is 13.4.